The number of benzene rings is 1. The van der Waals surface area contributed by atoms with Crippen LogP contribution in [0.4, 0.5) is 4.39 Å². The number of nitrogens with zero attached hydrogens (tertiary/aromatic N) is 2. The van der Waals surface area contributed by atoms with E-state index in [0.29, 0.717) is 10.9 Å². The fraction of sp³-hybridized carbons (Fsp3) is 0.308. The van der Waals surface area contributed by atoms with Gasteiger partial charge in [0.25, 0.3) is 0 Å². The molecular formula is C13H14Br2FN3. The predicted molar refractivity (Wildman–Crippen MR) is 80.4 cm³/mol. The second kappa shape index (κ2) is 5.73. The molecule has 0 saturated carbocycles. The number of nitrogens with two attached hydrogens (primary N) is 1. The van der Waals surface area contributed by atoms with Crippen molar-refractivity contribution in [3.8, 4) is 0 Å². The first-order chi connectivity index (χ1) is 8.90. The molecule has 0 spiro atoms. The Morgan fingerprint density at radius 2 is 2.11 bits per heavy atom. The number of hydrogen-bond acceptors (Lipinski definition) is 2. The average molecular weight is 391 g/mol. The number of hydrogen-bond donors (Lipinski definition) is 1. The summed E-state index contributed by atoms with van der Waals surface area (Å²) in [6.45, 7) is 1.93. The van der Waals surface area contributed by atoms with Gasteiger partial charge in [0.1, 0.15) is 5.82 Å². The van der Waals surface area contributed by atoms with Crippen molar-refractivity contribution in [2.24, 2.45) is 12.8 Å². The minimum absolute atomic E-state index is 0.270. The molecule has 1 atom stereocenters. The van der Waals surface area contributed by atoms with E-state index in [1.54, 1.807) is 10.7 Å². The summed E-state index contributed by atoms with van der Waals surface area (Å²) in [7, 11) is 1.88. The molecule has 3 nitrogen and oxygen atoms in total. The molecule has 0 amide bonds. The molecule has 0 aliphatic heterocycles. The number of aromatic nitrogens is 2. The molecule has 2 N–H and O–H groups in total. The normalized spacial score (nSPS) is 12.7. The van der Waals surface area contributed by atoms with Crippen molar-refractivity contribution < 1.29 is 4.39 Å². The molecule has 19 heavy (non-hydrogen) atoms. The standard InChI is InChI=1S/C13H14Br2FN3/c1-7-13(15)12(19(2)18-7)6-11(17)8-3-4-9(14)10(16)5-8/h3-5,11H,6,17H2,1-2H3. The SMILES string of the molecule is Cc1nn(C)c(CC(N)c2ccc(Br)c(F)c2)c1Br. The Bertz CT molecular complexity index is 610. The van der Waals surface area contributed by atoms with Crippen LogP contribution in [0.25, 0.3) is 0 Å². The van der Waals surface area contributed by atoms with Gasteiger partial charge in [-0.1, -0.05) is 6.07 Å². The van der Waals surface area contributed by atoms with Crippen LogP contribution in [-0.2, 0) is 13.5 Å². The van der Waals surface area contributed by atoms with E-state index in [-0.39, 0.29) is 11.9 Å². The van der Waals surface area contributed by atoms with Gasteiger partial charge < -0.3 is 5.73 Å². The summed E-state index contributed by atoms with van der Waals surface area (Å²) in [4.78, 5) is 0. The Hall–Kier alpha value is -0.720. The van der Waals surface area contributed by atoms with Crippen molar-refractivity contribution >= 4 is 31.9 Å². The second-order valence-corrected chi connectivity index (χ2v) is 6.10. The van der Waals surface area contributed by atoms with E-state index in [4.69, 9.17) is 5.73 Å². The molecule has 102 valence electrons. The van der Waals surface area contributed by atoms with Gasteiger partial charge in [-0.2, -0.15) is 5.10 Å². The molecule has 0 fully saturated rings. The first-order valence-electron chi connectivity index (χ1n) is 5.78. The maximum absolute atomic E-state index is 13.5. The molecule has 2 aromatic rings. The largest absolute Gasteiger partial charge is 0.324 e. The second-order valence-electron chi connectivity index (χ2n) is 4.45. The number of rotatable bonds is 3. The summed E-state index contributed by atoms with van der Waals surface area (Å²) in [6.07, 6.45) is 0.596. The molecular weight excluding hydrogens is 377 g/mol. The van der Waals surface area contributed by atoms with Crippen LogP contribution >= 0.6 is 31.9 Å². The highest BCUT2D eigenvalue weighted by Crippen LogP contribution is 2.26. The van der Waals surface area contributed by atoms with E-state index in [2.05, 4.69) is 37.0 Å². The van der Waals surface area contributed by atoms with E-state index in [9.17, 15) is 4.39 Å². The van der Waals surface area contributed by atoms with Crippen LogP contribution in [0.2, 0.25) is 0 Å². The summed E-state index contributed by atoms with van der Waals surface area (Å²) in [5, 5.41) is 4.32. The first-order valence-corrected chi connectivity index (χ1v) is 7.37. The zero-order valence-corrected chi connectivity index (χ0v) is 13.8. The van der Waals surface area contributed by atoms with Crippen molar-refractivity contribution in [3.05, 3.63) is 49.9 Å². The van der Waals surface area contributed by atoms with Crippen LogP contribution in [0.1, 0.15) is 23.0 Å². The minimum Gasteiger partial charge on any atom is -0.324 e. The van der Waals surface area contributed by atoms with Crippen molar-refractivity contribution in [1.82, 2.24) is 9.78 Å². The number of aryl methyl sites for hydroxylation is 2. The Morgan fingerprint density at radius 1 is 1.42 bits per heavy atom. The van der Waals surface area contributed by atoms with Crippen LogP contribution in [0.5, 0.6) is 0 Å². The smallest absolute Gasteiger partial charge is 0.137 e. The zero-order chi connectivity index (χ0) is 14.2. The fourth-order valence-electron chi connectivity index (χ4n) is 1.97. The average Bonchev–Trinajstić information content (AvgIpc) is 2.59. The van der Waals surface area contributed by atoms with Crippen LogP contribution in [-0.4, -0.2) is 9.78 Å². The van der Waals surface area contributed by atoms with Crippen LogP contribution < -0.4 is 5.73 Å². The van der Waals surface area contributed by atoms with Crippen molar-refractivity contribution in [1.29, 1.82) is 0 Å². The molecule has 1 heterocycles. The maximum atomic E-state index is 13.5. The number of halogens is 3. The van der Waals surface area contributed by atoms with Crippen LogP contribution in [0.15, 0.2) is 27.1 Å². The molecule has 0 aliphatic carbocycles. The monoisotopic (exact) mass is 389 g/mol. The maximum Gasteiger partial charge on any atom is 0.137 e. The van der Waals surface area contributed by atoms with Gasteiger partial charge in [-0.15, -0.1) is 0 Å². The van der Waals surface area contributed by atoms with E-state index in [1.165, 1.54) is 6.07 Å². The molecule has 0 radical (unpaired) electrons. The highest BCUT2D eigenvalue weighted by Gasteiger charge is 2.16. The van der Waals surface area contributed by atoms with Crippen molar-refractivity contribution in [3.63, 3.8) is 0 Å². The summed E-state index contributed by atoms with van der Waals surface area (Å²) in [5.41, 5.74) is 8.85. The van der Waals surface area contributed by atoms with E-state index in [1.807, 2.05) is 20.0 Å². The lowest BCUT2D eigenvalue weighted by Gasteiger charge is -2.13. The molecule has 0 aliphatic rings. The van der Waals surface area contributed by atoms with E-state index >= 15 is 0 Å². The molecule has 2 rings (SSSR count). The summed E-state index contributed by atoms with van der Waals surface area (Å²) < 4.78 is 16.7. The lowest BCUT2D eigenvalue weighted by Crippen LogP contribution is -2.16. The Morgan fingerprint density at radius 3 is 2.63 bits per heavy atom. The lowest BCUT2D eigenvalue weighted by atomic mass is 10.0. The predicted octanol–water partition coefficient (Wildman–Crippen LogP) is 3.64. The van der Waals surface area contributed by atoms with Crippen molar-refractivity contribution in [2.45, 2.75) is 19.4 Å². The molecule has 0 saturated heterocycles. The van der Waals surface area contributed by atoms with Gasteiger partial charge >= 0.3 is 0 Å². The van der Waals surface area contributed by atoms with Gasteiger partial charge in [0, 0.05) is 19.5 Å². The molecule has 1 unspecified atom stereocenters. The van der Waals surface area contributed by atoms with Crippen molar-refractivity contribution in [2.75, 3.05) is 0 Å². The van der Waals surface area contributed by atoms with E-state index < -0.39 is 0 Å². The third-order valence-electron chi connectivity index (χ3n) is 3.05. The van der Waals surface area contributed by atoms with Gasteiger partial charge in [-0.25, -0.2) is 4.39 Å². The van der Waals surface area contributed by atoms with Gasteiger partial charge in [-0.05, 0) is 56.5 Å². The molecule has 1 aromatic heterocycles. The van der Waals surface area contributed by atoms with Crippen LogP contribution in [0, 0.1) is 12.7 Å². The highest BCUT2D eigenvalue weighted by atomic mass is 79.9. The van der Waals surface area contributed by atoms with Crippen LogP contribution in [0.3, 0.4) is 0 Å². The third-order valence-corrected chi connectivity index (χ3v) is 4.72. The Balaban J connectivity index is 2.25. The lowest BCUT2D eigenvalue weighted by molar-refractivity contribution is 0.605. The molecule has 6 heteroatoms. The highest BCUT2D eigenvalue weighted by molar-refractivity contribution is 9.10. The Kier molecular flexibility index (Phi) is 4.43. The van der Waals surface area contributed by atoms with E-state index in [0.717, 1.165) is 21.4 Å². The third kappa shape index (κ3) is 3.07. The summed E-state index contributed by atoms with van der Waals surface area (Å²) >= 11 is 6.64. The van der Waals surface area contributed by atoms with Gasteiger partial charge in [0.2, 0.25) is 0 Å². The quantitative estimate of drug-likeness (QED) is 0.869. The summed E-state index contributed by atoms with van der Waals surface area (Å²) in [6, 6.07) is 4.70. The first kappa shape index (κ1) is 14.7. The summed E-state index contributed by atoms with van der Waals surface area (Å²) in [5.74, 6) is -0.298. The zero-order valence-electron chi connectivity index (χ0n) is 10.6. The fourth-order valence-corrected chi connectivity index (χ4v) is 2.72. The molecule has 1 aromatic carbocycles. The Labute approximate surface area is 128 Å². The van der Waals surface area contributed by atoms with Gasteiger partial charge in [0.15, 0.2) is 0 Å². The van der Waals surface area contributed by atoms with Gasteiger partial charge in [0.05, 0.1) is 20.3 Å². The minimum atomic E-state index is -0.298. The topological polar surface area (TPSA) is 43.8 Å². The van der Waals surface area contributed by atoms with Gasteiger partial charge in [-0.3, -0.25) is 4.68 Å². The molecule has 0 bridgehead atoms.